The number of fused-ring (bicyclic) bond motifs is 1. The van der Waals surface area contributed by atoms with Gasteiger partial charge in [-0.3, -0.25) is 14.6 Å². The Balaban J connectivity index is 1.35. The van der Waals surface area contributed by atoms with Gasteiger partial charge < -0.3 is 26.3 Å². The topological polar surface area (TPSA) is 142 Å². The van der Waals surface area contributed by atoms with Crippen LogP contribution in [0.4, 0.5) is 14.5 Å². The number of pyridine rings is 1. The third-order valence-electron chi connectivity index (χ3n) is 8.61. The number of carbonyl (C=O) groups is 2. The normalized spacial score (nSPS) is 19.8. The van der Waals surface area contributed by atoms with E-state index in [2.05, 4.69) is 26.2 Å². The summed E-state index contributed by atoms with van der Waals surface area (Å²) in [4.78, 5) is 35.4. The lowest BCUT2D eigenvalue weighted by Gasteiger charge is -2.22. The minimum atomic E-state index is -1.19. The number of carbonyl (C=O) groups excluding carboxylic acids is 2. The zero-order valence-electron chi connectivity index (χ0n) is 24.3. The quantitative estimate of drug-likeness (QED) is 0.157. The molecule has 5 N–H and O–H groups in total. The highest BCUT2D eigenvalue weighted by Crippen LogP contribution is 2.49. The molecule has 0 saturated heterocycles. The molecule has 0 radical (unpaired) electrons. The van der Waals surface area contributed by atoms with Crippen LogP contribution in [0, 0.1) is 17.6 Å². The van der Waals surface area contributed by atoms with Crippen LogP contribution in [-0.2, 0) is 10.2 Å². The molecule has 3 aromatic rings. The number of nitrogens with zero attached hydrogens (tertiary/aromatic N) is 2. The Labute approximate surface area is 261 Å². The summed E-state index contributed by atoms with van der Waals surface area (Å²) in [7, 11) is 1.49. The molecule has 1 aliphatic heterocycles. The maximum atomic E-state index is 15.4. The number of anilines is 1. The summed E-state index contributed by atoms with van der Waals surface area (Å²) in [6.07, 6.45) is 5.56. The van der Waals surface area contributed by atoms with Crippen molar-refractivity contribution in [2.75, 3.05) is 26.0 Å². The number of methoxy groups -OCH3 is 1. The molecule has 3 aliphatic rings. The van der Waals surface area contributed by atoms with E-state index in [9.17, 15) is 14.0 Å². The van der Waals surface area contributed by atoms with Gasteiger partial charge >= 0.3 is 0 Å². The van der Waals surface area contributed by atoms with Gasteiger partial charge in [-0.25, -0.2) is 13.8 Å². The number of benzene rings is 2. The largest absolute Gasteiger partial charge is 0.495 e. The fourth-order valence-electron chi connectivity index (χ4n) is 5.47. The zero-order valence-corrected chi connectivity index (χ0v) is 25.8. The summed E-state index contributed by atoms with van der Waals surface area (Å²) in [5.41, 5.74) is 13.4. The van der Waals surface area contributed by atoms with Gasteiger partial charge in [0.15, 0.2) is 0 Å². The molecule has 44 heavy (non-hydrogen) atoms. The predicted octanol–water partition coefficient (Wildman–Crippen LogP) is 5.02. The highest BCUT2D eigenvalue weighted by atomic mass is 79.9. The number of amides is 2. The van der Waals surface area contributed by atoms with Gasteiger partial charge in [0.2, 0.25) is 5.91 Å². The molecule has 2 aliphatic carbocycles. The van der Waals surface area contributed by atoms with E-state index in [0.29, 0.717) is 33.8 Å². The fraction of sp³-hybridized carbons (Fsp3) is 0.375. The minimum absolute atomic E-state index is 0.0121. The smallest absolute Gasteiger partial charge is 0.251 e. The van der Waals surface area contributed by atoms with E-state index >= 15 is 4.39 Å². The fourth-order valence-corrected chi connectivity index (χ4v) is 5.81. The lowest BCUT2D eigenvalue weighted by molar-refractivity contribution is -0.123. The number of nitrogens with one attached hydrogen (secondary N) is 1. The van der Waals surface area contributed by atoms with Crippen LogP contribution < -0.4 is 26.3 Å². The maximum Gasteiger partial charge on any atom is 0.251 e. The number of aliphatic imine (C=N–C) groups is 1. The number of hydrogen-bond acceptors (Lipinski definition) is 7. The van der Waals surface area contributed by atoms with E-state index in [1.165, 1.54) is 13.2 Å². The van der Waals surface area contributed by atoms with Crippen molar-refractivity contribution < 1.29 is 27.8 Å². The molecule has 1 aromatic heterocycles. The van der Waals surface area contributed by atoms with Gasteiger partial charge in [0.1, 0.15) is 40.8 Å². The second-order valence-corrected chi connectivity index (χ2v) is 12.6. The molecule has 2 fully saturated rings. The van der Waals surface area contributed by atoms with Crippen molar-refractivity contribution in [1.82, 2.24) is 10.3 Å². The molecule has 12 heteroatoms. The van der Waals surface area contributed by atoms with Gasteiger partial charge in [-0.05, 0) is 84.8 Å². The van der Waals surface area contributed by atoms with Crippen molar-refractivity contribution in [2.45, 2.75) is 50.0 Å². The van der Waals surface area contributed by atoms with Crippen LogP contribution >= 0.6 is 15.9 Å². The molecular formula is C32H32BrF2N5O4. The van der Waals surface area contributed by atoms with Gasteiger partial charge in [-0.2, -0.15) is 0 Å². The lowest BCUT2D eigenvalue weighted by atomic mass is 9.82. The van der Waals surface area contributed by atoms with Gasteiger partial charge in [-0.15, -0.1) is 0 Å². The molecular weight excluding hydrogens is 636 g/mol. The molecule has 6 rings (SSSR count). The molecule has 2 saturated carbocycles. The number of halogens is 3. The molecule has 2 amide bonds. The van der Waals surface area contributed by atoms with Crippen molar-refractivity contribution >= 4 is 39.6 Å². The van der Waals surface area contributed by atoms with E-state index in [1.807, 2.05) is 0 Å². The van der Waals surface area contributed by atoms with Gasteiger partial charge in [0, 0.05) is 46.6 Å². The Bertz CT molecular complexity index is 1710. The van der Waals surface area contributed by atoms with Crippen molar-refractivity contribution in [3.8, 4) is 22.8 Å². The first kappa shape index (κ1) is 30.0. The maximum absolute atomic E-state index is 15.4. The van der Waals surface area contributed by atoms with Crippen molar-refractivity contribution in [3.63, 3.8) is 0 Å². The van der Waals surface area contributed by atoms with E-state index in [4.69, 9.17) is 25.9 Å². The molecule has 9 nitrogen and oxygen atoms in total. The van der Waals surface area contributed by atoms with E-state index in [1.54, 1.807) is 31.3 Å². The van der Waals surface area contributed by atoms with Crippen LogP contribution in [0.15, 0.2) is 39.8 Å². The average Bonchev–Trinajstić information content (AvgIpc) is 3.95. The van der Waals surface area contributed by atoms with Gasteiger partial charge in [-0.1, -0.05) is 0 Å². The summed E-state index contributed by atoms with van der Waals surface area (Å²) >= 11 is 2.97. The highest BCUT2D eigenvalue weighted by Gasteiger charge is 2.45. The van der Waals surface area contributed by atoms with E-state index in [-0.39, 0.29) is 58.4 Å². The number of rotatable bonds is 10. The van der Waals surface area contributed by atoms with E-state index in [0.717, 1.165) is 31.7 Å². The minimum Gasteiger partial charge on any atom is -0.495 e. The summed E-state index contributed by atoms with van der Waals surface area (Å²) in [6.45, 7) is 1.84. The SMILES string of the molecule is COc1cc(C(=O)NCC(c2cc3c(c(-c4ccc(F)c(Br)c4F)n2)OC[C@]3(C)C(N)=O)C2CC2)cc(C=NC2CC2)c1N. The Kier molecular flexibility index (Phi) is 7.81. The van der Waals surface area contributed by atoms with Gasteiger partial charge in [0.05, 0.1) is 23.3 Å². The number of aromatic nitrogens is 1. The number of nitrogens with two attached hydrogens (primary N) is 2. The summed E-state index contributed by atoms with van der Waals surface area (Å²) in [6, 6.07) is 7.74. The van der Waals surface area contributed by atoms with Crippen molar-refractivity contribution in [3.05, 3.63) is 68.8 Å². The van der Waals surface area contributed by atoms with Crippen LogP contribution in [0.25, 0.3) is 11.3 Å². The standard InChI is InChI=1S/C32H32BrF2N5O4/c1-32(31(37)42)14-44-29-21(32)11-23(40-28(29)19-7-8-22(34)25(33)26(19)35)20(15-3-4-15)13-39-30(41)16-9-17(12-38-18-5-6-18)27(36)24(10-16)43-2/h7-12,15,18,20H,3-6,13-14,36H2,1-2H3,(H2,37,42)(H,39,41)/t20?,32-/m0/s1. The van der Waals surface area contributed by atoms with Crippen molar-refractivity contribution in [2.24, 2.45) is 16.6 Å². The van der Waals surface area contributed by atoms with Crippen LogP contribution in [0.1, 0.15) is 65.7 Å². The monoisotopic (exact) mass is 667 g/mol. The highest BCUT2D eigenvalue weighted by molar-refractivity contribution is 9.10. The first-order valence-corrected chi connectivity index (χ1v) is 15.2. The summed E-state index contributed by atoms with van der Waals surface area (Å²) in [5, 5.41) is 3.02. The second kappa shape index (κ2) is 11.5. The Morgan fingerprint density at radius 1 is 1.25 bits per heavy atom. The Morgan fingerprint density at radius 3 is 2.66 bits per heavy atom. The molecule has 230 valence electrons. The van der Waals surface area contributed by atoms with Crippen LogP contribution in [0.5, 0.6) is 11.5 Å². The zero-order chi connectivity index (χ0) is 31.3. The molecule has 0 spiro atoms. The number of hydrogen-bond donors (Lipinski definition) is 3. The van der Waals surface area contributed by atoms with Crippen LogP contribution in [0.2, 0.25) is 0 Å². The Morgan fingerprint density at radius 2 is 2.00 bits per heavy atom. The third kappa shape index (κ3) is 5.51. The van der Waals surface area contributed by atoms with Gasteiger partial charge in [0.25, 0.3) is 5.91 Å². The van der Waals surface area contributed by atoms with Crippen LogP contribution in [-0.4, -0.2) is 49.3 Å². The molecule has 2 atom stereocenters. The Hall–Kier alpha value is -4.06. The molecule has 2 heterocycles. The number of nitrogen functional groups attached to an aromatic ring is 1. The first-order valence-electron chi connectivity index (χ1n) is 14.4. The van der Waals surface area contributed by atoms with Crippen LogP contribution in [0.3, 0.4) is 0 Å². The lowest BCUT2D eigenvalue weighted by Crippen LogP contribution is -2.40. The average molecular weight is 669 g/mol. The summed E-state index contributed by atoms with van der Waals surface area (Å²) in [5.74, 6) is -2.02. The first-order chi connectivity index (χ1) is 21.0. The molecule has 0 bridgehead atoms. The van der Waals surface area contributed by atoms with Crippen molar-refractivity contribution in [1.29, 1.82) is 0 Å². The number of primary amides is 1. The molecule has 2 aromatic carbocycles. The predicted molar refractivity (Wildman–Crippen MR) is 165 cm³/mol. The second-order valence-electron chi connectivity index (χ2n) is 11.8. The third-order valence-corrected chi connectivity index (χ3v) is 9.33. The summed E-state index contributed by atoms with van der Waals surface area (Å²) < 4.78 is 40.5. The van der Waals surface area contributed by atoms with E-state index < -0.39 is 23.0 Å². The molecule has 1 unspecified atom stereocenters. The number of ether oxygens (including phenoxy) is 2.